The summed E-state index contributed by atoms with van der Waals surface area (Å²) >= 11 is 0. The molecule has 0 aromatic carbocycles. The Kier molecular flexibility index (Phi) is 3.92. The van der Waals surface area contributed by atoms with E-state index in [1.807, 2.05) is 6.92 Å². The van der Waals surface area contributed by atoms with Crippen LogP contribution in [0.5, 0.6) is 0 Å². The molecule has 0 N–H and O–H groups in total. The molecule has 0 spiro atoms. The van der Waals surface area contributed by atoms with Crippen molar-refractivity contribution in [3.63, 3.8) is 0 Å². The van der Waals surface area contributed by atoms with E-state index in [9.17, 15) is 0 Å². The summed E-state index contributed by atoms with van der Waals surface area (Å²) in [5.74, 6) is 1.95. The van der Waals surface area contributed by atoms with Crippen LogP contribution in [0.2, 0.25) is 0 Å². The van der Waals surface area contributed by atoms with Gasteiger partial charge >= 0.3 is 0 Å². The van der Waals surface area contributed by atoms with Crippen LogP contribution in [0.4, 0.5) is 0 Å². The van der Waals surface area contributed by atoms with Gasteiger partial charge in [0.1, 0.15) is 5.76 Å². The van der Waals surface area contributed by atoms with Gasteiger partial charge in [-0.1, -0.05) is 24.4 Å². The molecule has 106 valence electrons. The Labute approximate surface area is 116 Å². The Morgan fingerprint density at radius 1 is 1.11 bits per heavy atom. The van der Waals surface area contributed by atoms with Crippen LogP contribution in [0.3, 0.4) is 0 Å². The summed E-state index contributed by atoms with van der Waals surface area (Å²) in [6.45, 7) is 6.41. The summed E-state index contributed by atoms with van der Waals surface area (Å²) < 4.78 is 5.31. The lowest BCUT2D eigenvalue weighted by atomic mass is 9.83. The number of aryl methyl sites for hydroxylation is 2. The summed E-state index contributed by atoms with van der Waals surface area (Å²) in [4.78, 5) is 2.70. The third-order valence-corrected chi connectivity index (χ3v) is 5.15. The average molecular weight is 262 g/mol. The van der Waals surface area contributed by atoms with E-state index >= 15 is 0 Å². The molecule has 19 heavy (non-hydrogen) atoms. The van der Waals surface area contributed by atoms with Crippen LogP contribution in [-0.2, 0) is 6.54 Å². The molecule has 3 rings (SSSR count). The maximum atomic E-state index is 5.31. The summed E-state index contributed by atoms with van der Waals surface area (Å²) in [6, 6.07) is 0.814. The molecule has 1 aliphatic carbocycles. The van der Waals surface area contributed by atoms with Crippen molar-refractivity contribution in [1.82, 2.24) is 10.1 Å². The normalized spacial score (nSPS) is 26.1. The molecule has 2 fully saturated rings. The standard InChI is InChI=1S/C16H26N2O/c1-12-15(13(2)19-17-12)11-18-10-6-9-16(18)14-7-4-3-5-8-14/h14,16H,3-11H2,1-2H3/t16-/m0/s1. The van der Waals surface area contributed by atoms with E-state index < -0.39 is 0 Å². The summed E-state index contributed by atoms with van der Waals surface area (Å²) in [6.07, 6.45) is 10.00. The van der Waals surface area contributed by atoms with Crippen molar-refractivity contribution in [2.24, 2.45) is 5.92 Å². The van der Waals surface area contributed by atoms with Crippen LogP contribution in [0.1, 0.15) is 62.0 Å². The summed E-state index contributed by atoms with van der Waals surface area (Å²) in [5.41, 5.74) is 2.40. The first-order valence-electron chi connectivity index (χ1n) is 7.91. The zero-order valence-corrected chi connectivity index (χ0v) is 12.3. The monoisotopic (exact) mass is 262 g/mol. The molecule has 0 unspecified atom stereocenters. The third-order valence-electron chi connectivity index (χ3n) is 5.15. The van der Waals surface area contributed by atoms with Crippen molar-refractivity contribution in [1.29, 1.82) is 0 Å². The Morgan fingerprint density at radius 2 is 1.89 bits per heavy atom. The van der Waals surface area contributed by atoms with E-state index in [1.165, 1.54) is 57.1 Å². The molecule has 2 aliphatic rings. The van der Waals surface area contributed by atoms with Crippen molar-refractivity contribution in [2.75, 3.05) is 6.54 Å². The van der Waals surface area contributed by atoms with E-state index in [4.69, 9.17) is 4.52 Å². The van der Waals surface area contributed by atoms with Crippen LogP contribution in [0.25, 0.3) is 0 Å². The van der Waals surface area contributed by atoms with Crippen molar-refractivity contribution < 1.29 is 4.52 Å². The number of hydrogen-bond donors (Lipinski definition) is 0. The second-order valence-electron chi connectivity index (χ2n) is 6.38. The molecule has 2 heterocycles. The molecule has 1 atom stereocenters. The SMILES string of the molecule is Cc1noc(C)c1CN1CCC[C@H]1C1CCCCC1. The molecule has 1 aromatic heterocycles. The number of hydrogen-bond acceptors (Lipinski definition) is 3. The lowest BCUT2D eigenvalue weighted by Crippen LogP contribution is -2.36. The Balaban J connectivity index is 1.69. The van der Waals surface area contributed by atoms with Crippen molar-refractivity contribution >= 4 is 0 Å². The highest BCUT2D eigenvalue weighted by Crippen LogP contribution is 2.35. The van der Waals surface area contributed by atoms with Crippen molar-refractivity contribution in [3.05, 3.63) is 17.0 Å². The fourth-order valence-electron chi connectivity index (χ4n) is 4.03. The van der Waals surface area contributed by atoms with Gasteiger partial charge in [-0.25, -0.2) is 0 Å². The van der Waals surface area contributed by atoms with Gasteiger partial charge in [0.2, 0.25) is 0 Å². The molecule has 1 aliphatic heterocycles. The molecule has 0 amide bonds. The first-order valence-corrected chi connectivity index (χ1v) is 7.91. The number of rotatable bonds is 3. The Bertz CT molecular complexity index is 401. The summed E-state index contributed by atoms with van der Waals surface area (Å²) in [5, 5.41) is 4.09. The predicted molar refractivity (Wildman–Crippen MR) is 76.0 cm³/mol. The average Bonchev–Trinajstić information content (AvgIpc) is 3.02. The van der Waals surface area contributed by atoms with Crippen LogP contribution >= 0.6 is 0 Å². The molecule has 1 saturated carbocycles. The van der Waals surface area contributed by atoms with E-state index in [2.05, 4.69) is 17.0 Å². The van der Waals surface area contributed by atoms with Crippen molar-refractivity contribution in [3.8, 4) is 0 Å². The highest BCUT2D eigenvalue weighted by Gasteiger charge is 2.33. The maximum Gasteiger partial charge on any atom is 0.138 e. The molecule has 1 saturated heterocycles. The number of nitrogens with zero attached hydrogens (tertiary/aromatic N) is 2. The first-order chi connectivity index (χ1) is 9.25. The fourth-order valence-corrected chi connectivity index (χ4v) is 4.03. The predicted octanol–water partition coefficient (Wildman–Crippen LogP) is 3.84. The van der Waals surface area contributed by atoms with E-state index in [0.29, 0.717) is 0 Å². The lowest BCUT2D eigenvalue weighted by Gasteiger charge is -2.34. The Hall–Kier alpha value is -0.830. The summed E-state index contributed by atoms with van der Waals surface area (Å²) in [7, 11) is 0. The van der Waals surface area contributed by atoms with Gasteiger partial charge in [0, 0.05) is 18.2 Å². The minimum atomic E-state index is 0.814. The van der Waals surface area contributed by atoms with Gasteiger partial charge in [-0.15, -0.1) is 0 Å². The number of likely N-dealkylation sites (tertiary alicyclic amines) is 1. The Morgan fingerprint density at radius 3 is 2.58 bits per heavy atom. The first kappa shape index (κ1) is 13.2. The maximum absolute atomic E-state index is 5.31. The van der Waals surface area contributed by atoms with Gasteiger partial charge < -0.3 is 4.52 Å². The molecule has 1 aromatic rings. The van der Waals surface area contributed by atoms with E-state index in [-0.39, 0.29) is 0 Å². The zero-order valence-electron chi connectivity index (χ0n) is 12.3. The highest BCUT2D eigenvalue weighted by atomic mass is 16.5. The van der Waals surface area contributed by atoms with Crippen LogP contribution in [-0.4, -0.2) is 22.6 Å². The number of aromatic nitrogens is 1. The molecule has 3 nitrogen and oxygen atoms in total. The molecule has 0 bridgehead atoms. The van der Waals surface area contributed by atoms with Gasteiger partial charge in [0.05, 0.1) is 5.69 Å². The van der Waals surface area contributed by atoms with Crippen LogP contribution in [0.15, 0.2) is 4.52 Å². The zero-order chi connectivity index (χ0) is 13.2. The topological polar surface area (TPSA) is 29.3 Å². The highest BCUT2D eigenvalue weighted by molar-refractivity contribution is 5.20. The van der Waals surface area contributed by atoms with Gasteiger partial charge in [-0.2, -0.15) is 0 Å². The van der Waals surface area contributed by atoms with E-state index in [1.54, 1.807) is 0 Å². The van der Waals surface area contributed by atoms with Crippen LogP contribution in [0, 0.1) is 19.8 Å². The minimum absolute atomic E-state index is 0.814. The smallest absolute Gasteiger partial charge is 0.138 e. The van der Waals surface area contributed by atoms with Gasteiger partial charge in [-0.3, -0.25) is 4.90 Å². The van der Waals surface area contributed by atoms with Gasteiger partial charge in [0.25, 0.3) is 0 Å². The molecule has 0 radical (unpaired) electrons. The van der Waals surface area contributed by atoms with Crippen molar-refractivity contribution in [2.45, 2.75) is 71.4 Å². The second-order valence-corrected chi connectivity index (χ2v) is 6.38. The largest absolute Gasteiger partial charge is 0.361 e. The van der Waals surface area contributed by atoms with Gasteiger partial charge in [0.15, 0.2) is 0 Å². The molecular weight excluding hydrogens is 236 g/mol. The van der Waals surface area contributed by atoms with E-state index in [0.717, 1.165) is 30.0 Å². The molecular formula is C16H26N2O. The second kappa shape index (κ2) is 5.66. The fraction of sp³-hybridized carbons (Fsp3) is 0.812. The quantitative estimate of drug-likeness (QED) is 0.829. The third kappa shape index (κ3) is 2.71. The molecule has 3 heteroatoms. The van der Waals surface area contributed by atoms with Crippen LogP contribution < -0.4 is 0 Å². The minimum Gasteiger partial charge on any atom is -0.361 e. The van der Waals surface area contributed by atoms with Gasteiger partial charge in [-0.05, 0) is 52.0 Å². The lowest BCUT2D eigenvalue weighted by molar-refractivity contribution is 0.150.